The van der Waals surface area contributed by atoms with E-state index in [0.29, 0.717) is 42.6 Å². The molecule has 4 aromatic rings. The Labute approximate surface area is 194 Å². The summed E-state index contributed by atoms with van der Waals surface area (Å²) < 4.78 is 18.2. The molecule has 4 rings (SSSR count). The van der Waals surface area contributed by atoms with Crippen LogP contribution in [0.5, 0.6) is 17.2 Å². The molecule has 0 aliphatic rings. The van der Waals surface area contributed by atoms with Crippen molar-refractivity contribution in [3.8, 4) is 17.2 Å². The zero-order chi connectivity index (χ0) is 22.9. The summed E-state index contributed by atoms with van der Waals surface area (Å²) in [6.45, 7) is 2.59. The van der Waals surface area contributed by atoms with E-state index in [1.807, 2.05) is 91.0 Å². The second-order valence-corrected chi connectivity index (χ2v) is 7.67. The van der Waals surface area contributed by atoms with E-state index in [1.165, 1.54) is 6.92 Å². The maximum Gasteiger partial charge on any atom is 0.167 e. The number of carbonyl (C=O) groups excluding carboxylic acids is 1. The number of hydrogen-bond donors (Lipinski definition) is 0. The molecule has 0 amide bonds. The number of rotatable bonds is 10. The van der Waals surface area contributed by atoms with Crippen molar-refractivity contribution >= 4 is 5.78 Å². The van der Waals surface area contributed by atoms with Crippen LogP contribution >= 0.6 is 0 Å². The number of ketones is 1. The van der Waals surface area contributed by atoms with Crippen LogP contribution in [-0.2, 0) is 19.8 Å². The Kier molecular flexibility index (Phi) is 7.39. The summed E-state index contributed by atoms with van der Waals surface area (Å²) in [7, 11) is 0. The fourth-order valence-electron chi connectivity index (χ4n) is 3.44. The Bertz CT molecular complexity index is 1110. The third-order valence-corrected chi connectivity index (χ3v) is 5.11. The van der Waals surface area contributed by atoms with Gasteiger partial charge in [0.25, 0.3) is 0 Å². The number of hydrogen-bond acceptors (Lipinski definition) is 4. The monoisotopic (exact) mass is 438 g/mol. The van der Waals surface area contributed by atoms with E-state index in [-0.39, 0.29) is 5.78 Å². The van der Waals surface area contributed by atoms with Crippen molar-refractivity contribution in [1.29, 1.82) is 0 Å². The molecule has 0 saturated carbocycles. The molecule has 0 spiro atoms. The zero-order valence-corrected chi connectivity index (χ0v) is 18.6. The standard InChI is InChI=1S/C29H26O4/c1-22(30)29-27(32-20-24-13-7-3-8-14-24)17-26(31-19-23-11-5-2-6-12-23)18-28(29)33-21-25-15-9-4-10-16-25/h2-18H,19-21H2,1H3. The van der Waals surface area contributed by atoms with Gasteiger partial charge in [-0.05, 0) is 23.6 Å². The van der Waals surface area contributed by atoms with Crippen molar-refractivity contribution in [1.82, 2.24) is 0 Å². The van der Waals surface area contributed by atoms with Gasteiger partial charge in [-0.15, -0.1) is 0 Å². The minimum atomic E-state index is -0.129. The van der Waals surface area contributed by atoms with Crippen molar-refractivity contribution in [2.24, 2.45) is 0 Å². The van der Waals surface area contributed by atoms with E-state index in [9.17, 15) is 4.79 Å². The Morgan fingerprint density at radius 1 is 0.576 bits per heavy atom. The van der Waals surface area contributed by atoms with E-state index in [1.54, 1.807) is 12.1 Å². The summed E-state index contributed by atoms with van der Waals surface area (Å²) in [4.78, 5) is 12.6. The lowest BCUT2D eigenvalue weighted by Gasteiger charge is -2.17. The second kappa shape index (κ2) is 11.0. The van der Waals surface area contributed by atoms with Crippen molar-refractivity contribution in [3.63, 3.8) is 0 Å². The Morgan fingerprint density at radius 2 is 0.939 bits per heavy atom. The maximum atomic E-state index is 12.6. The molecular formula is C29H26O4. The fraction of sp³-hybridized carbons (Fsp3) is 0.138. The highest BCUT2D eigenvalue weighted by Gasteiger charge is 2.19. The Hall–Kier alpha value is -4.05. The highest BCUT2D eigenvalue weighted by molar-refractivity contribution is 6.00. The first-order chi connectivity index (χ1) is 16.2. The largest absolute Gasteiger partial charge is 0.489 e. The fourth-order valence-corrected chi connectivity index (χ4v) is 3.44. The summed E-state index contributed by atoms with van der Waals surface area (Å²) in [5, 5.41) is 0. The predicted molar refractivity (Wildman–Crippen MR) is 129 cm³/mol. The van der Waals surface area contributed by atoms with Gasteiger partial charge in [0.1, 0.15) is 42.6 Å². The molecule has 0 aliphatic carbocycles. The minimum absolute atomic E-state index is 0.129. The first-order valence-corrected chi connectivity index (χ1v) is 10.9. The van der Waals surface area contributed by atoms with Gasteiger partial charge in [0.2, 0.25) is 0 Å². The first kappa shape index (κ1) is 22.2. The molecule has 0 heterocycles. The van der Waals surface area contributed by atoms with E-state index in [2.05, 4.69) is 0 Å². The van der Waals surface area contributed by atoms with Crippen LogP contribution in [0.2, 0.25) is 0 Å². The van der Waals surface area contributed by atoms with Crippen LogP contribution in [0.1, 0.15) is 34.0 Å². The molecule has 0 atom stereocenters. The molecule has 4 heteroatoms. The van der Waals surface area contributed by atoms with E-state index in [0.717, 1.165) is 16.7 Å². The quantitative estimate of drug-likeness (QED) is 0.261. The van der Waals surface area contributed by atoms with E-state index in [4.69, 9.17) is 14.2 Å². The molecule has 4 aromatic carbocycles. The van der Waals surface area contributed by atoms with Gasteiger partial charge in [0.05, 0.1) is 0 Å². The highest BCUT2D eigenvalue weighted by atomic mass is 16.5. The molecule has 0 fully saturated rings. The van der Waals surface area contributed by atoms with Gasteiger partial charge in [0.15, 0.2) is 5.78 Å². The van der Waals surface area contributed by atoms with Crippen LogP contribution < -0.4 is 14.2 Å². The molecule has 0 radical (unpaired) electrons. The van der Waals surface area contributed by atoms with Crippen LogP contribution in [0.3, 0.4) is 0 Å². The summed E-state index contributed by atoms with van der Waals surface area (Å²) in [5.41, 5.74) is 3.48. The van der Waals surface area contributed by atoms with Gasteiger partial charge < -0.3 is 14.2 Å². The van der Waals surface area contributed by atoms with Crippen LogP contribution in [-0.4, -0.2) is 5.78 Å². The second-order valence-electron chi connectivity index (χ2n) is 7.67. The molecule has 0 unspecified atom stereocenters. The third kappa shape index (κ3) is 6.23. The lowest BCUT2D eigenvalue weighted by Crippen LogP contribution is -2.07. The molecule has 0 saturated heterocycles. The van der Waals surface area contributed by atoms with Crippen LogP contribution in [0.15, 0.2) is 103 Å². The van der Waals surface area contributed by atoms with Crippen molar-refractivity contribution in [2.45, 2.75) is 26.7 Å². The van der Waals surface area contributed by atoms with Crippen LogP contribution in [0.4, 0.5) is 0 Å². The SMILES string of the molecule is CC(=O)c1c(OCc2ccccc2)cc(OCc2ccccc2)cc1OCc1ccccc1. The van der Waals surface area contributed by atoms with Crippen molar-refractivity contribution in [2.75, 3.05) is 0 Å². The molecular weight excluding hydrogens is 412 g/mol. The van der Waals surface area contributed by atoms with Gasteiger partial charge in [-0.3, -0.25) is 4.79 Å². The molecule has 4 nitrogen and oxygen atoms in total. The third-order valence-electron chi connectivity index (χ3n) is 5.11. The summed E-state index contributed by atoms with van der Waals surface area (Å²) in [5.74, 6) is 1.34. The molecule has 33 heavy (non-hydrogen) atoms. The smallest absolute Gasteiger partial charge is 0.167 e. The van der Waals surface area contributed by atoms with E-state index < -0.39 is 0 Å². The van der Waals surface area contributed by atoms with Gasteiger partial charge in [-0.25, -0.2) is 0 Å². The summed E-state index contributed by atoms with van der Waals surface area (Å²) >= 11 is 0. The topological polar surface area (TPSA) is 44.8 Å². The Balaban J connectivity index is 1.62. The molecule has 0 aliphatic heterocycles. The molecule has 0 bridgehead atoms. The average molecular weight is 439 g/mol. The average Bonchev–Trinajstić information content (AvgIpc) is 2.86. The number of Topliss-reactive ketones (excluding diaryl/α,β-unsaturated/α-hetero) is 1. The molecule has 0 N–H and O–H groups in total. The summed E-state index contributed by atoms with van der Waals surface area (Å²) in [6, 6.07) is 33.1. The van der Waals surface area contributed by atoms with Crippen LogP contribution in [0, 0.1) is 0 Å². The molecule has 166 valence electrons. The highest BCUT2D eigenvalue weighted by Crippen LogP contribution is 2.36. The zero-order valence-electron chi connectivity index (χ0n) is 18.6. The van der Waals surface area contributed by atoms with Crippen molar-refractivity contribution < 1.29 is 19.0 Å². The van der Waals surface area contributed by atoms with Gasteiger partial charge in [-0.2, -0.15) is 0 Å². The van der Waals surface area contributed by atoms with Gasteiger partial charge >= 0.3 is 0 Å². The lowest BCUT2D eigenvalue weighted by atomic mass is 10.1. The van der Waals surface area contributed by atoms with E-state index >= 15 is 0 Å². The predicted octanol–water partition coefficient (Wildman–Crippen LogP) is 6.63. The number of carbonyl (C=O) groups is 1. The minimum Gasteiger partial charge on any atom is -0.489 e. The first-order valence-electron chi connectivity index (χ1n) is 10.9. The molecule has 0 aromatic heterocycles. The Morgan fingerprint density at radius 3 is 1.30 bits per heavy atom. The lowest BCUT2D eigenvalue weighted by molar-refractivity contribution is 0.100. The van der Waals surface area contributed by atoms with Crippen LogP contribution in [0.25, 0.3) is 0 Å². The number of ether oxygens (including phenoxy) is 3. The normalized spacial score (nSPS) is 10.5. The van der Waals surface area contributed by atoms with Gasteiger partial charge in [-0.1, -0.05) is 91.0 Å². The van der Waals surface area contributed by atoms with Crippen molar-refractivity contribution in [3.05, 3.63) is 125 Å². The van der Waals surface area contributed by atoms with Gasteiger partial charge in [0, 0.05) is 12.1 Å². The number of benzene rings is 4. The summed E-state index contributed by atoms with van der Waals surface area (Å²) in [6.07, 6.45) is 0. The maximum absolute atomic E-state index is 12.6.